The fraction of sp³-hybridized carbons (Fsp3) is 0.917. The lowest BCUT2D eigenvalue weighted by Gasteiger charge is -2.20. The third-order valence-electron chi connectivity index (χ3n) is 2.99. The average molecular weight is 249 g/mol. The Kier molecular flexibility index (Phi) is 7.77. The van der Waals surface area contributed by atoms with Gasteiger partial charge in [0.2, 0.25) is 5.91 Å². The number of nitrogens with one attached hydrogen (secondary N) is 1. The molecule has 0 bridgehead atoms. The maximum atomic E-state index is 11.7. The minimum Gasteiger partial charge on any atom is -0.346 e. The van der Waals surface area contributed by atoms with Crippen LogP contribution in [0, 0.1) is 11.8 Å². The van der Waals surface area contributed by atoms with E-state index in [0.717, 1.165) is 38.4 Å². The Bertz CT molecular complexity index is 203. The van der Waals surface area contributed by atoms with Crippen LogP contribution >= 0.6 is 12.4 Å². The summed E-state index contributed by atoms with van der Waals surface area (Å²) in [6, 6.07) is 0. The van der Waals surface area contributed by atoms with E-state index in [1.807, 2.05) is 11.9 Å². The van der Waals surface area contributed by atoms with Crippen LogP contribution in [0.4, 0.5) is 0 Å². The van der Waals surface area contributed by atoms with E-state index in [1.165, 1.54) is 6.42 Å². The molecule has 1 saturated heterocycles. The first kappa shape index (κ1) is 15.7. The van der Waals surface area contributed by atoms with Gasteiger partial charge in [0.15, 0.2) is 0 Å². The lowest BCUT2D eigenvalue weighted by atomic mass is 10.0. The second kappa shape index (κ2) is 7.91. The SMILES string of the molecule is CC(C)CN(C)C(=O)CCC1CCNC1.Cl. The lowest BCUT2D eigenvalue weighted by Crippen LogP contribution is -2.30. The van der Waals surface area contributed by atoms with Crippen molar-refractivity contribution in [2.75, 3.05) is 26.7 Å². The van der Waals surface area contributed by atoms with E-state index in [2.05, 4.69) is 19.2 Å². The van der Waals surface area contributed by atoms with Crippen LogP contribution in [-0.2, 0) is 4.79 Å². The van der Waals surface area contributed by atoms with Gasteiger partial charge in [-0.25, -0.2) is 0 Å². The topological polar surface area (TPSA) is 32.3 Å². The molecule has 1 aliphatic heterocycles. The smallest absolute Gasteiger partial charge is 0.222 e. The first-order valence-corrected chi connectivity index (χ1v) is 6.04. The third-order valence-corrected chi connectivity index (χ3v) is 2.99. The predicted octanol–water partition coefficient (Wildman–Crippen LogP) is 1.91. The summed E-state index contributed by atoms with van der Waals surface area (Å²) in [6.07, 6.45) is 3.00. The second-order valence-electron chi connectivity index (χ2n) is 5.07. The van der Waals surface area contributed by atoms with Crippen LogP contribution in [0.25, 0.3) is 0 Å². The molecule has 3 nitrogen and oxygen atoms in total. The molecule has 16 heavy (non-hydrogen) atoms. The van der Waals surface area contributed by atoms with Crippen molar-refractivity contribution in [3.8, 4) is 0 Å². The van der Waals surface area contributed by atoms with Gasteiger partial charge in [-0.2, -0.15) is 0 Å². The highest BCUT2D eigenvalue weighted by Gasteiger charge is 2.17. The molecule has 1 N–H and O–H groups in total. The quantitative estimate of drug-likeness (QED) is 0.806. The molecule has 0 spiro atoms. The van der Waals surface area contributed by atoms with Gasteiger partial charge >= 0.3 is 0 Å². The van der Waals surface area contributed by atoms with Crippen molar-refractivity contribution in [3.05, 3.63) is 0 Å². The molecular weight excluding hydrogens is 224 g/mol. The highest BCUT2D eigenvalue weighted by molar-refractivity contribution is 5.85. The van der Waals surface area contributed by atoms with Crippen molar-refractivity contribution >= 4 is 18.3 Å². The van der Waals surface area contributed by atoms with Crippen molar-refractivity contribution < 1.29 is 4.79 Å². The number of carbonyl (C=O) groups is 1. The molecule has 0 aromatic rings. The molecule has 1 atom stereocenters. The number of rotatable bonds is 5. The van der Waals surface area contributed by atoms with Crippen LogP contribution in [0.15, 0.2) is 0 Å². The third kappa shape index (κ3) is 5.71. The van der Waals surface area contributed by atoms with Crippen molar-refractivity contribution in [2.45, 2.75) is 33.1 Å². The molecule has 0 aromatic carbocycles. The van der Waals surface area contributed by atoms with E-state index in [9.17, 15) is 4.79 Å². The molecule has 1 heterocycles. The zero-order chi connectivity index (χ0) is 11.3. The van der Waals surface area contributed by atoms with Crippen LogP contribution < -0.4 is 5.32 Å². The molecule has 0 aromatic heterocycles. The van der Waals surface area contributed by atoms with E-state index in [1.54, 1.807) is 0 Å². The highest BCUT2D eigenvalue weighted by Crippen LogP contribution is 2.15. The summed E-state index contributed by atoms with van der Waals surface area (Å²) < 4.78 is 0. The Morgan fingerprint density at radius 3 is 2.69 bits per heavy atom. The Morgan fingerprint density at radius 2 is 2.19 bits per heavy atom. The van der Waals surface area contributed by atoms with E-state index in [4.69, 9.17) is 0 Å². The van der Waals surface area contributed by atoms with Gasteiger partial charge in [-0.3, -0.25) is 4.79 Å². The molecule has 0 saturated carbocycles. The Balaban J connectivity index is 0.00000225. The minimum atomic E-state index is 0. The number of nitrogens with zero attached hydrogens (tertiary/aromatic N) is 1. The lowest BCUT2D eigenvalue weighted by molar-refractivity contribution is -0.130. The molecule has 96 valence electrons. The zero-order valence-electron chi connectivity index (χ0n) is 10.7. The van der Waals surface area contributed by atoms with E-state index in [-0.39, 0.29) is 12.4 Å². The van der Waals surface area contributed by atoms with Crippen LogP contribution in [0.1, 0.15) is 33.1 Å². The Labute approximate surface area is 105 Å². The van der Waals surface area contributed by atoms with Crippen molar-refractivity contribution in [1.29, 1.82) is 0 Å². The van der Waals surface area contributed by atoms with E-state index < -0.39 is 0 Å². The number of hydrogen-bond acceptors (Lipinski definition) is 2. The normalized spacial score (nSPS) is 19.6. The molecular formula is C12H25ClN2O. The molecule has 4 heteroatoms. The van der Waals surface area contributed by atoms with Crippen LogP contribution in [0.3, 0.4) is 0 Å². The average Bonchev–Trinajstić information content (AvgIpc) is 2.65. The number of carbonyl (C=O) groups excluding carboxylic acids is 1. The monoisotopic (exact) mass is 248 g/mol. The summed E-state index contributed by atoms with van der Waals surface area (Å²) in [5.41, 5.74) is 0. The van der Waals surface area contributed by atoms with E-state index >= 15 is 0 Å². The van der Waals surface area contributed by atoms with Gasteiger partial charge in [0, 0.05) is 20.0 Å². The Hall–Kier alpha value is -0.280. The van der Waals surface area contributed by atoms with Crippen LogP contribution in [-0.4, -0.2) is 37.5 Å². The number of halogens is 1. The Morgan fingerprint density at radius 1 is 1.50 bits per heavy atom. The van der Waals surface area contributed by atoms with Crippen LogP contribution in [0.5, 0.6) is 0 Å². The largest absolute Gasteiger partial charge is 0.346 e. The molecule has 1 amide bonds. The van der Waals surface area contributed by atoms with Gasteiger partial charge in [-0.1, -0.05) is 13.8 Å². The van der Waals surface area contributed by atoms with Gasteiger partial charge < -0.3 is 10.2 Å². The van der Waals surface area contributed by atoms with E-state index in [0.29, 0.717) is 11.8 Å². The fourth-order valence-corrected chi connectivity index (χ4v) is 2.13. The summed E-state index contributed by atoms with van der Waals surface area (Å²) in [4.78, 5) is 13.6. The maximum Gasteiger partial charge on any atom is 0.222 e. The van der Waals surface area contributed by atoms with Crippen molar-refractivity contribution in [2.24, 2.45) is 11.8 Å². The summed E-state index contributed by atoms with van der Waals surface area (Å²) in [6.45, 7) is 7.39. The minimum absolute atomic E-state index is 0. The molecule has 0 aliphatic carbocycles. The number of amides is 1. The van der Waals surface area contributed by atoms with Crippen molar-refractivity contribution in [1.82, 2.24) is 10.2 Å². The fourth-order valence-electron chi connectivity index (χ4n) is 2.13. The molecule has 0 radical (unpaired) electrons. The summed E-state index contributed by atoms with van der Waals surface area (Å²) in [5, 5.41) is 3.33. The zero-order valence-corrected chi connectivity index (χ0v) is 11.5. The number of hydrogen-bond donors (Lipinski definition) is 1. The van der Waals surface area contributed by atoms with Gasteiger partial charge in [0.25, 0.3) is 0 Å². The highest BCUT2D eigenvalue weighted by atomic mass is 35.5. The summed E-state index contributed by atoms with van der Waals surface area (Å²) in [5.74, 6) is 1.59. The first-order chi connectivity index (χ1) is 7.09. The second-order valence-corrected chi connectivity index (χ2v) is 5.07. The van der Waals surface area contributed by atoms with Gasteiger partial charge in [0.05, 0.1) is 0 Å². The standard InChI is InChI=1S/C12H24N2O.ClH/c1-10(2)9-14(3)12(15)5-4-11-6-7-13-8-11;/h10-11,13H,4-9H2,1-3H3;1H. The maximum absolute atomic E-state index is 11.7. The summed E-state index contributed by atoms with van der Waals surface area (Å²) in [7, 11) is 1.91. The first-order valence-electron chi connectivity index (χ1n) is 6.04. The predicted molar refractivity (Wildman–Crippen MR) is 69.9 cm³/mol. The molecule has 1 aliphatic rings. The molecule has 1 unspecified atom stereocenters. The van der Waals surface area contributed by atoms with Crippen molar-refractivity contribution in [3.63, 3.8) is 0 Å². The van der Waals surface area contributed by atoms with Gasteiger partial charge in [0.1, 0.15) is 0 Å². The molecule has 1 rings (SSSR count). The van der Waals surface area contributed by atoms with Gasteiger partial charge in [-0.05, 0) is 37.8 Å². The molecule has 1 fully saturated rings. The van der Waals surface area contributed by atoms with Gasteiger partial charge in [-0.15, -0.1) is 12.4 Å². The van der Waals surface area contributed by atoms with Crippen LogP contribution in [0.2, 0.25) is 0 Å². The summed E-state index contributed by atoms with van der Waals surface area (Å²) >= 11 is 0.